The minimum Gasteiger partial charge on any atom is -0.493 e. The number of hydrogen-bond donors (Lipinski definition) is 2. The Bertz CT molecular complexity index is 1490. The van der Waals surface area contributed by atoms with E-state index >= 15 is 0 Å². The van der Waals surface area contributed by atoms with Crippen LogP contribution in [-0.2, 0) is 9.47 Å². The van der Waals surface area contributed by atoms with Crippen molar-refractivity contribution in [2.24, 2.45) is 10.9 Å². The van der Waals surface area contributed by atoms with Crippen LogP contribution in [0.2, 0.25) is 0 Å². The van der Waals surface area contributed by atoms with Gasteiger partial charge in [0.15, 0.2) is 0 Å². The predicted octanol–water partition coefficient (Wildman–Crippen LogP) is 5.85. The average molecular weight is 596 g/mol. The number of aromatic nitrogens is 2. The number of ether oxygens (including phenoxy) is 3. The van der Waals surface area contributed by atoms with Crippen LogP contribution >= 0.6 is 0 Å². The van der Waals surface area contributed by atoms with Crippen LogP contribution in [0.15, 0.2) is 45.9 Å². The normalized spacial score (nSPS) is 17.8. The first-order valence-electron chi connectivity index (χ1n) is 14.3. The summed E-state index contributed by atoms with van der Waals surface area (Å²) in [5, 5.41) is 19.6. The first kappa shape index (κ1) is 31.7. The largest absolute Gasteiger partial charge is 0.493 e. The molecule has 1 aliphatic heterocycles. The van der Waals surface area contributed by atoms with Gasteiger partial charge in [-0.05, 0) is 82.9 Å². The molecule has 0 aliphatic carbocycles. The van der Waals surface area contributed by atoms with Crippen molar-refractivity contribution in [1.29, 1.82) is 0 Å². The summed E-state index contributed by atoms with van der Waals surface area (Å²) in [5.41, 5.74) is -0.896. The Hall–Kier alpha value is -4.19. The molecule has 2 amide bonds. The average Bonchev–Trinajstić information content (AvgIpc) is 3.51. The van der Waals surface area contributed by atoms with Gasteiger partial charge in [-0.3, -0.25) is 5.32 Å². The van der Waals surface area contributed by atoms with E-state index in [1.54, 1.807) is 41.5 Å². The number of aliphatic hydroxyl groups excluding tert-OH is 1. The highest BCUT2D eigenvalue weighted by Crippen LogP contribution is 2.33. The zero-order valence-electron chi connectivity index (χ0n) is 26.0. The molecule has 0 unspecified atom stereocenters. The molecule has 2 N–H and O–H groups in total. The van der Waals surface area contributed by atoms with Crippen LogP contribution in [0.4, 0.5) is 9.59 Å². The number of hydrogen-bond acceptors (Lipinski definition) is 9. The number of rotatable bonds is 5. The van der Waals surface area contributed by atoms with Crippen LogP contribution in [0.1, 0.15) is 73.7 Å². The second kappa shape index (κ2) is 12.6. The molecule has 1 aliphatic rings. The van der Waals surface area contributed by atoms with Gasteiger partial charge >= 0.3 is 12.2 Å². The van der Waals surface area contributed by atoms with Crippen LogP contribution in [0.3, 0.4) is 0 Å². The Balaban J connectivity index is 1.61. The fourth-order valence-corrected chi connectivity index (χ4v) is 4.43. The third kappa shape index (κ3) is 8.66. The third-order valence-corrected chi connectivity index (χ3v) is 6.19. The fourth-order valence-electron chi connectivity index (χ4n) is 4.43. The smallest absolute Gasteiger partial charge is 0.437 e. The highest BCUT2D eigenvalue weighted by atomic mass is 16.6. The maximum Gasteiger partial charge on any atom is 0.437 e. The number of guanidine groups is 1. The molecule has 0 radical (unpaired) electrons. The topological polar surface area (TPSA) is 149 Å². The molecule has 43 heavy (non-hydrogen) atoms. The number of carbonyl (C=O) groups excluding carboxylic acids is 2. The van der Waals surface area contributed by atoms with Crippen molar-refractivity contribution in [2.45, 2.75) is 85.2 Å². The van der Waals surface area contributed by atoms with Crippen LogP contribution in [0, 0.1) is 5.92 Å². The first-order chi connectivity index (χ1) is 20.1. The van der Waals surface area contributed by atoms with Crippen molar-refractivity contribution in [3.8, 4) is 17.1 Å². The van der Waals surface area contributed by atoms with E-state index in [9.17, 15) is 14.7 Å². The van der Waals surface area contributed by atoms with E-state index < -0.39 is 35.5 Å². The standard InChI is InChI=1S/C31H41N5O7/c1-18(2)17-40-22-12-11-19-15-21(10-9-20(19)16-22)25-32-26(43-35-25)24-23(37)13-14-36(24)27(33-28(38)41-30(3,4)5)34-29(39)42-31(6,7)8/h9-12,15-16,18,23-24,37H,13-14,17H2,1-8H3,(H,33,34,38,39)/t23-,24-/m0/s1. The van der Waals surface area contributed by atoms with Gasteiger partial charge in [0.2, 0.25) is 11.8 Å². The van der Waals surface area contributed by atoms with Gasteiger partial charge in [0.1, 0.15) is 23.0 Å². The van der Waals surface area contributed by atoms with E-state index in [0.29, 0.717) is 30.3 Å². The summed E-state index contributed by atoms with van der Waals surface area (Å²) >= 11 is 0. The van der Waals surface area contributed by atoms with E-state index in [0.717, 1.165) is 16.5 Å². The van der Waals surface area contributed by atoms with E-state index in [1.165, 1.54) is 4.90 Å². The third-order valence-electron chi connectivity index (χ3n) is 6.19. The van der Waals surface area contributed by atoms with Crippen LogP contribution in [-0.4, -0.2) is 68.8 Å². The zero-order valence-corrected chi connectivity index (χ0v) is 26.0. The summed E-state index contributed by atoms with van der Waals surface area (Å²) in [6.07, 6.45) is -2.39. The number of amides is 2. The zero-order chi connectivity index (χ0) is 31.5. The number of nitrogens with one attached hydrogen (secondary N) is 1. The van der Waals surface area contributed by atoms with E-state index in [1.807, 2.05) is 36.4 Å². The second-order valence-electron chi connectivity index (χ2n) is 12.9. The van der Waals surface area contributed by atoms with Gasteiger partial charge in [-0.2, -0.15) is 4.98 Å². The van der Waals surface area contributed by atoms with Crippen molar-refractivity contribution in [1.82, 2.24) is 20.4 Å². The Kier molecular flexibility index (Phi) is 9.29. The summed E-state index contributed by atoms with van der Waals surface area (Å²) in [7, 11) is 0. The number of carbonyl (C=O) groups is 2. The van der Waals surface area contributed by atoms with Crippen LogP contribution < -0.4 is 10.1 Å². The molecular weight excluding hydrogens is 554 g/mol. The van der Waals surface area contributed by atoms with Crippen molar-refractivity contribution in [3.05, 3.63) is 42.3 Å². The minimum absolute atomic E-state index is 0.0976. The van der Waals surface area contributed by atoms with Crippen molar-refractivity contribution in [2.75, 3.05) is 13.2 Å². The molecule has 232 valence electrons. The summed E-state index contributed by atoms with van der Waals surface area (Å²) < 4.78 is 22.2. The van der Waals surface area contributed by atoms with E-state index in [-0.39, 0.29) is 18.4 Å². The quantitative estimate of drug-likeness (QED) is 0.272. The molecule has 3 aromatic rings. The first-order valence-corrected chi connectivity index (χ1v) is 14.3. The summed E-state index contributed by atoms with van der Waals surface area (Å²) in [5.74, 6) is 1.48. The molecule has 0 bridgehead atoms. The van der Waals surface area contributed by atoms with Gasteiger partial charge in [-0.25, -0.2) is 9.59 Å². The molecule has 12 nitrogen and oxygen atoms in total. The molecular formula is C31H41N5O7. The lowest BCUT2D eigenvalue weighted by Gasteiger charge is -2.28. The van der Waals surface area contributed by atoms with Crippen molar-refractivity contribution < 1.29 is 33.4 Å². The number of fused-ring (bicyclic) bond motifs is 1. The minimum atomic E-state index is -0.946. The molecule has 2 atom stereocenters. The molecule has 4 rings (SSSR count). The molecule has 0 saturated carbocycles. The molecule has 2 heterocycles. The monoisotopic (exact) mass is 595 g/mol. The SMILES string of the molecule is CC(C)COc1ccc2cc(-c3noc([C@@H]4[C@@H](O)CCN4/C(=N\C(=O)OC(C)(C)C)NC(=O)OC(C)(C)C)n3)ccc2c1. The molecule has 1 aromatic heterocycles. The Morgan fingerprint density at radius 1 is 1.07 bits per heavy atom. The Morgan fingerprint density at radius 2 is 1.74 bits per heavy atom. The molecule has 1 saturated heterocycles. The van der Waals surface area contributed by atoms with Gasteiger partial charge in [0.25, 0.3) is 5.89 Å². The molecule has 2 aromatic carbocycles. The lowest BCUT2D eigenvalue weighted by Crippen LogP contribution is -2.47. The highest BCUT2D eigenvalue weighted by Gasteiger charge is 2.41. The predicted molar refractivity (Wildman–Crippen MR) is 161 cm³/mol. The van der Waals surface area contributed by atoms with Gasteiger partial charge in [0.05, 0.1) is 12.7 Å². The summed E-state index contributed by atoms with van der Waals surface area (Å²) in [6, 6.07) is 10.8. The van der Waals surface area contributed by atoms with E-state index in [4.69, 9.17) is 18.7 Å². The van der Waals surface area contributed by atoms with Crippen LogP contribution in [0.25, 0.3) is 22.2 Å². The number of aliphatic imine (C=N–C) groups is 1. The molecule has 0 spiro atoms. The van der Waals surface area contributed by atoms with Crippen LogP contribution in [0.5, 0.6) is 5.75 Å². The lowest BCUT2D eigenvalue weighted by molar-refractivity contribution is 0.0546. The Labute approximate surface area is 251 Å². The van der Waals surface area contributed by atoms with E-state index in [2.05, 4.69) is 34.3 Å². The number of nitrogens with zero attached hydrogens (tertiary/aromatic N) is 4. The second-order valence-corrected chi connectivity index (χ2v) is 12.9. The maximum atomic E-state index is 12.7. The van der Waals surface area contributed by atoms with Crippen molar-refractivity contribution >= 4 is 28.9 Å². The number of benzene rings is 2. The molecule has 1 fully saturated rings. The summed E-state index contributed by atoms with van der Waals surface area (Å²) in [6.45, 7) is 15.3. The van der Waals surface area contributed by atoms with Gasteiger partial charge < -0.3 is 28.7 Å². The fraction of sp³-hybridized carbons (Fsp3) is 0.516. The number of likely N-dealkylation sites (tertiary alicyclic amines) is 1. The number of aliphatic hydroxyl groups is 1. The number of alkyl carbamates (subject to hydrolysis) is 1. The maximum absolute atomic E-state index is 12.7. The van der Waals surface area contributed by atoms with Crippen molar-refractivity contribution in [3.63, 3.8) is 0 Å². The highest BCUT2D eigenvalue weighted by molar-refractivity contribution is 5.99. The van der Waals surface area contributed by atoms with Gasteiger partial charge in [-0.15, -0.1) is 4.99 Å². The lowest BCUT2D eigenvalue weighted by atomic mass is 10.1. The molecule has 12 heteroatoms. The Morgan fingerprint density at radius 3 is 2.42 bits per heavy atom. The van der Waals surface area contributed by atoms with Gasteiger partial charge in [0, 0.05) is 12.1 Å². The van der Waals surface area contributed by atoms with Gasteiger partial charge in [-0.1, -0.05) is 37.2 Å². The summed E-state index contributed by atoms with van der Waals surface area (Å²) in [4.78, 5) is 35.4.